The van der Waals surface area contributed by atoms with E-state index in [2.05, 4.69) is 39.4 Å². The summed E-state index contributed by atoms with van der Waals surface area (Å²) in [6.07, 6.45) is 4.60. The molecule has 0 spiro atoms. The van der Waals surface area contributed by atoms with Gasteiger partial charge in [0.25, 0.3) is 11.5 Å². The summed E-state index contributed by atoms with van der Waals surface area (Å²) in [7, 11) is 0. The minimum atomic E-state index is -0.126. The van der Waals surface area contributed by atoms with E-state index in [9.17, 15) is 9.59 Å². The lowest BCUT2D eigenvalue weighted by Crippen LogP contribution is -2.32. The molecule has 1 aromatic carbocycles. The first-order chi connectivity index (χ1) is 13.0. The molecule has 0 atom stereocenters. The molecule has 1 saturated carbocycles. The Morgan fingerprint density at radius 2 is 1.96 bits per heavy atom. The van der Waals surface area contributed by atoms with E-state index in [1.807, 2.05) is 26.8 Å². The molecule has 2 aromatic rings. The zero-order valence-corrected chi connectivity index (χ0v) is 17.9. The third kappa shape index (κ3) is 3.88. The fourth-order valence-corrected chi connectivity index (χ4v) is 4.26. The number of hydrogen-bond acceptors (Lipinski definition) is 2. The molecule has 1 aliphatic carbocycles. The van der Waals surface area contributed by atoms with E-state index in [1.54, 1.807) is 4.57 Å². The molecule has 1 aromatic heterocycles. The normalized spacial score (nSPS) is 14.1. The molecule has 0 aliphatic heterocycles. The topological polar surface area (TPSA) is 51.1 Å². The van der Waals surface area contributed by atoms with Gasteiger partial charge in [0, 0.05) is 18.8 Å². The standard InChI is InChI=1S/C22H27BrN2O2/c1-4-12-25-15(3)19(14(2)20(23)22(25)27)21(26)24-13-17-8-5-6-11-18(17)16-9-7-10-16/h5-6,8,11,16H,4,7,9-10,12-13H2,1-3H3,(H,24,26). The SMILES string of the molecule is CCCn1c(C)c(C(=O)NCc2ccccc2C2CCC2)c(C)c(Br)c1=O. The third-order valence-electron chi connectivity index (χ3n) is 5.62. The average molecular weight is 431 g/mol. The molecule has 144 valence electrons. The van der Waals surface area contributed by atoms with E-state index in [0.717, 1.165) is 12.1 Å². The molecule has 4 nitrogen and oxygen atoms in total. The number of carbonyl (C=O) groups excluding carboxylic acids is 1. The van der Waals surface area contributed by atoms with E-state index in [-0.39, 0.29) is 11.5 Å². The minimum absolute atomic E-state index is 0.0706. The van der Waals surface area contributed by atoms with E-state index in [0.29, 0.717) is 34.6 Å². The van der Waals surface area contributed by atoms with Crippen LogP contribution in [-0.4, -0.2) is 10.5 Å². The number of pyridine rings is 1. The van der Waals surface area contributed by atoms with Crippen molar-refractivity contribution in [2.24, 2.45) is 0 Å². The van der Waals surface area contributed by atoms with Gasteiger partial charge in [0.2, 0.25) is 0 Å². The average Bonchev–Trinajstić information content (AvgIpc) is 2.61. The van der Waals surface area contributed by atoms with Crippen molar-refractivity contribution in [2.45, 2.75) is 65.5 Å². The Labute approximate surface area is 169 Å². The van der Waals surface area contributed by atoms with E-state index < -0.39 is 0 Å². The molecule has 3 rings (SSSR count). The predicted molar refractivity (Wildman–Crippen MR) is 112 cm³/mol. The second-order valence-electron chi connectivity index (χ2n) is 7.37. The first kappa shape index (κ1) is 19.9. The third-order valence-corrected chi connectivity index (χ3v) is 6.55. The first-order valence-electron chi connectivity index (χ1n) is 9.71. The quantitative estimate of drug-likeness (QED) is 0.712. The Balaban J connectivity index is 1.86. The van der Waals surface area contributed by atoms with Gasteiger partial charge in [0.05, 0.1) is 10.0 Å². The van der Waals surface area contributed by atoms with Gasteiger partial charge in [-0.25, -0.2) is 0 Å². The Kier molecular flexibility index (Phi) is 6.20. The number of halogens is 1. The smallest absolute Gasteiger partial charge is 0.265 e. The summed E-state index contributed by atoms with van der Waals surface area (Å²) >= 11 is 3.38. The Morgan fingerprint density at radius 3 is 2.59 bits per heavy atom. The maximum atomic E-state index is 13.0. The number of carbonyl (C=O) groups is 1. The zero-order valence-electron chi connectivity index (χ0n) is 16.3. The summed E-state index contributed by atoms with van der Waals surface area (Å²) in [6.45, 7) is 6.82. The molecule has 0 unspecified atom stereocenters. The number of benzene rings is 1. The fourth-order valence-electron chi connectivity index (χ4n) is 3.85. The van der Waals surface area contributed by atoms with Gasteiger partial charge in [0.15, 0.2) is 0 Å². The number of aromatic nitrogens is 1. The summed E-state index contributed by atoms with van der Waals surface area (Å²) in [5.74, 6) is 0.501. The van der Waals surface area contributed by atoms with E-state index in [4.69, 9.17) is 0 Å². The highest BCUT2D eigenvalue weighted by atomic mass is 79.9. The Hall–Kier alpha value is -1.88. The van der Waals surface area contributed by atoms with Crippen molar-refractivity contribution in [3.63, 3.8) is 0 Å². The fraction of sp³-hybridized carbons (Fsp3) is 0.455. The number of rotatable bonds is 6. The molecule has 27 heavy (non-hydrogen) atoms. The molecule has 1 N–H and O–H groups in total. The van der Waals surface area contributed by atoms with Gasteiger partial charge in [-0.3, -0.25) is 9.59 Å². The van der Waals surface area contributed by atoms with Gasteiger partial charge in [-0.2, -0.15) is 0 Å². The number of amides is 1. The zero-order chi connectivity index (χ0) is 19.6. The van der Waals surface area contributed by atoms with Crippen LogP contribution in [0.5, 0.6) is 0 Å². The number of hydrogen-bond donors (Lipinski definition) is 1. The lowest BCUT2D eigenvalue weighted by Gasteiger charge is -2.28. The van der Waals surface area contributed by atoms with Gasteiger partial charge in [0.1, 0.15) is 0 Å². The Bertz CT molecular complexity index is 913. The first-order valence-corrected chi connectivity index (χ1v) is 10.5. The lowest BCUT2D eigenvalue weighted by atomic mass is 9.78. The maximum Gasteiger partial charge on any atom is 0.265 e. The molecule has 1 fully saturated rings. The Morgan fingerprint density at radius 1 is 1.26 bits per heavy atom. The van der Waals surface area contributed by atoms with E-state index in [1.165, 1.54) is 30.4 Å². The van der Waals surface area contributed by atoms with Crippen molar-refractivity contribution in [2.75, 3.05) is 0 Å². The van der Waals surface area contributed by atoms with Gasteiger partial charge in [-0.15, -0.1) is 0 Å². The largest absolute Gasteiger partial charge is 0.348 e. The highest BCUT2D eigenvalue weighted by Gasteiger charge is 2.23. The molecule has 0 radical (unpaired) electrons. The summed E-state index contributed by atoms with van der Waals surface area (Å²) in [6, 6.07) is 8.38. The van der Waals surface area contributed by atoms with E-state index >= 15 is 0 Å². The molecular weight excluding hydrogens is 404 g/mol. The second kappa shape index (κ2) is 8.42. The van der Waals surface area contributed by atoms with Crippen LogP contribution in [0.15, 0.2) is 33.5 Å². The van der Waals surface area contributed by atoms with Gasteiger partial charge in [-0.05, 0) is 71.6 Å². The van der Waals surface area contributed by atoms with Crippen molar-refractivity contribution in [1.29, 1.82) is 0 Å². The molecule has 1 aliphatic rings. The number of nitrogens with one attached hydrogen (secondary N) is 1. The number of nitrogens with zero attached hydrogens (tertiary/aromatic N) is 1. The van der Waals surface area contributed by atoms with Crippen LogP contribution in [0.2, 0.25) is 0 Å². The summed E-state index contributed by atoms with van der Waals surface area (Å²) in [5.41, 5.74) is 4.50. The van der Waals surface area contributed by atoms with Crippen LogP contribution >= 0.6 is 15.9 Å². The molecule has 1 amide bonds. The molecule has 0 saturated heterocycles. The molecule has 5 heteroatoms. The summed E-state index contributed by atoms with van der Waals surface area (Å²) < 4.78 is 2.16. The van der Waals surface area contributed by atoms with Gasteiger partial charge >= 0.3 is 0 Å². The summed E-state index contributed by atoms with van der Waals surface area (Å²) in [4.78, 5) is 25.5. The van der Waals surface area contributed by atoms with Crippen molar-refractivity contribution in [3.8, 4) is 0 Å². The van der Waals surface area contributed by atoms with Crippen molar-refractivity contribution in [1.82, 2.24) is 9.88 Å². The van der Waals surface area contributed by atoms with Crippen LogP contribution in [-0.2, 0) is 13.1 Å². The summed E-state index contributed by atoms with van der Waals surface area (Å²) in [5, 5.41) is 3.08. The molecule has 1 heterocycles. The van der Waals surface area contributed by atoms with Crippen molar-refractivity contribution < 1.29 is 4.79 Å². The van der Waals surface area contributed by atoms with Crippen LogP contribution in [0.4, 0.5) is 0 Å². The monoisotopic (exact) mass is 430 g/mol. The molecular formula is C22H27BrN2O2. The van der Waals surface area contributed by atoms with Crippen LogP contribution in [0.3, 0.4) is 0 Å². The highest BCUT2D eigenvalue weighted by Crippen LogP contribution is 2.37. The van der Waals surface area contributed by atoms with Gasteiger partial charge < -0.3 is 9.88 Å². The lowest BCUT2D eigenvalue weighted by molar-refractivity contribution is 0.0948. The van der Waals surface area contributed by atoms with Crippen molar-refractivity contribution >= 4 is 21.8 Å². The van der Waals surface area contributed by atoms with Crippen LogP contribution in [0, 0.1) is 13.8 Å². The van der Waals surface area contributed by atoms with Crippen molar-refractivity contribution in [3.05, 3.63) is 67.0 Å². The maximum absolute atomic E-state index is 13.0. The van der Waals surface area contributed by atoms with Crippen LogP contribution < -0.4 is 10.9 Å². The van der Waals surface area contributed by atoms with Gasteiger partial charge in [-0.1, -0.05) is 37.6 Å². The predicted octanol–water partition coefficient (Wildman–Crippen LogP) is 4.84. The second-order valence-corrected chi connectivity index (χ2v) is 8.16. The molecule has 0 bridgehead atoms. The van der Waals surface area contributed by atoms with Crippen LogP contribution in [0.25, 0.3) is 0 Å². The highest BCUT2D eigenvalue weighted by molar-refractivity contribution is 9.10. The van der Waals surface area contributed by atoms with Crippen LogP contribution in [0.1, 0.15) is 71.3 Å². The minimum Gasteiger partial charge on any atom is -0.348 e.